The van der Waals surface area contributed by atoms with Crippen LogP contribution in [0.5, 0.6) is 5.75 Å². The molecule has 3 rings (SSSR count). The Morgan fingerprint density at radius 2 is 1.71 bits per heavy atom. The molecule has 2 aromatic carbocycles. The van der Waals surface area contributed by atoms with Crippen LogP contribution in [0.1, 0.15) is 35.4 Å². The Labute approximate surface area is 102 Å². The van der Waals surface area contributed by atoms with Gasteiger partial charge in [0.05, 0.1) is 0 Å². The maximum atomic E-state index is 9.35. The van der Waals surface area contributed by atoms with Crippen LogP contribution in [0.25, 0.3) is 0 Å². The number of phenols is 1. The second kappa shape index (κ2) is 4.25. The van der Waals surface area contributed by atoms with Gasteiger partial charge in [0.2, 0.25) is 0 Å². The first kappa shape index (κ1) is 10.4. The number of fused-ring (bicyclic) bond motifs is 1. The van der Waals surface area contributed by atoms with Crippen LogP contribution >= 0.6 is 0 Å². The molecule has 0 heterocycles. The Morgan fingerprint density at radius 3 is 2.53 bits per heavy atom. The zero-order valence-electron chi connectivity index (χ0n) is 9.76. The molecule has 1 nitrogen and oxygen atoms in total. The van der Waals surface area contributed by atoms with Crippen LogP contribution in [-0.2, 0) is 6.42 Å². The average molecular weight is 224 g/mol. The summed E-state index contributed by atoms with van der Waals surface area (Å²) in [6, 6.07) is 16.4. The third kappa shape index (κ3) is 1.93. The lowest BCUT2D eigenvalue weighted by Crippen LogP contribution is -2.10. The van der Waals surface area contributed by atoms with Crippen molar-refractivity contribution in [2.24, 2.45) is 0 Å². The van der Waals surface area contributed by atoms with Crippen LogP contribution in [0.2, 0.25) is 0 Å². The van der Waals surface area contributed by atoms with Crippen molar-refractivity contribution in [1.29, 1.82) is 0 Å². The Balaban J connectivity index is 2.03. The molecule has 0 amide bonds. The van der Waals surface area contributed by atoms with E-state index in [1.807, 2.05) is 12.1 Å². The number of benzene rings is 2. The molecule has 1 aliphatic carbocycles. The molecule has 0 radical (unpaired) electrons. The Hall–Kier alpha value is -1.76. The highest BCUT2D eigenvalue weighted by atomic mass is 16.3. The molecule has 1 atom stereocenters. The number of phenolic OH excluding ortho intramolecular Hbond substituents is 1. The number of aryl methyl sites for hydroxylation is 1. The molecule has 86 valence electrons. The fourth-order valence-electron chi connectivity index (χ4n) is 2.81. The third-order valence-corrected chi connectivity index (χ3v) is 3.66. The van der Waals surface area contributed by atoms with Gasteiger partial charge in [-0.3, -0.25) is 0 Å². The van der Waals surface area contributed by atoms with E-state index in [4.69, 9.17) is 0 Å². The predicted octanol–water partition coefficient (Wildman–Crippen LogP) is 3.86. The van der Waals surface area contributed by atoms with Crippen LogP contribution in [-0.4, -0.2) is 5.11 Å². The minimum Gasteiger partial charge on any atom is -0.508 e. The summed E-state index contributed by atoms with van der Waals surface area (Å²) in [5.74, 6) is 0.846. The highest BCUT2D eigenvalue weighted by Gasteiger charge is 2.20. The van der Waals surface area contributed by atoms with E-state index < -0.39 is 0 Å². The molecule has 1 heteroatoms. The van der Waals surface area contributed by atoms with Crippen molar-refractivity contribution in [3.8, 4) is 5.75 Å². The molecule has 0 saturated carbocycles. The monoisotopic (exact) mass is 224 g/mol. The van der Waals surface area contributed by atoms with E-state index in [-0.39, 0.29) is 0 Å². The summed E-state index contributed by atoms with van der Waals surface area (Å²) >= 11 is 0. The maximum Gasteiger partial charge on any atom is 0.115 e. The lowest BCUT2D eigenvalue weighted by molar-refractivity contribution is 0.474. The van der Waals surface area contributed by atoms with E-state index in [9.17, 15) is 5.11 Å². The van der Waals surface area contributed by atoms with Gasteiger partial charge >= 0.3 is 0 Å². The molecule has 1 N–H and O–H groups in total. The van der Waals surface area contributed by atoms with Crippen LogP contribution < -0.4 is 0 Å². The second-order valence-corrected chi connectivity index (χ2v) is 4.74. The van der Waals surface area contributed by atoms with Crippen molar-refractivity contribution >= 4 is 0 Å². The first-order valence-electron chi connectivity index (χ1n) is 6.21. The Morgan fingerprint density at radius 1 is 0.941 bits per heavy atom. The highest BCUT2D eigenvalue weighted by Crippen LogP contribution is 2.36. The largest absolute Gasteiger partial charge is 0.508 e. The summed E-state index contributed by atoms with van der Waals surface area (Å²) in [5, 5.41) is 9.35. The van der Waals surface area contributed by atoms with Gasteiger partial charge in [0.15, 0.2) is 0 Å². The normalized spacial score (nSPS) is 18.7. The van der Waals surface area contributed by atoms with Gasteiger partial charge in [-0.2, -0.15) is 0 Å². The van der Waals surface area contributed by atoms with Crippen molar-refractivity contribution in [2.75, 3.05) is 0 Å². The van der Waals surface area contributed by atoms with Crippen LogP contribution in [0.3, 0.4) is 0 Å². The van der Waals surface area contributed by atoms with Gasteiger partial charge in [-0.25, -0.2) is 0 Å². The fraction of sp³-hybridized carbons (Fsp3) is 0.250. The molecule has 0 spiro atoms. The summed E-state index contributed by atoms with van der Waals surface area (Å²) in [5.41, 5.74) is 4.26. The summed E-state index contributed by atoms with van der Waals surface area (Å²) in [6.07, 6.45) is 3.66. The van der Waals surface area contributed by atoms with Gasteiger partial charge in [-0.05, 0) is 48.1 Å². The molecule has 0 aliphatic heterocycles. The third-order valence-electron chi connectivity index (χ3n) is 3.66. The molecule has 17 heavy (non-hydrogen) atoms. The number of hydrogen-bond donors (Lipinski definition) is 1. The molecule has 0 fully saturated rings. The first-order chi connectivity index (χ1) is 8.34. The van der Waals surface area contributed by atoms with Gasteiger partial charge in [0.1, 0.15) is 5.75 Å². The van der Waals surface area contributed by atoms with Crippen molar-refractivity contribution in [3.05, 3.63) is 65.2 Å². The van der Waals surface area contributed by atoms with Crippen molar-refractivity contribution in [3.63, 3.8) is 0 Å². The summed E-state index contributed by atoms with van der Waals surface area (Å²) < 4.78 is 0. The van der Waals surface area contributed by atoms with Crippen LogP contribution in [0, 0.1) is 0 Å². The highest BCUT2D eigenvalue weighted by molar-refractivity contribution is 5.41. The van der Waals surface area contributed by atoms with Gasteiger partial charge in [-0.1, -0.05) is 36.4 Å². The lowest BCUT2D eigenvalue weighted by atomic mass is 9.79. The molecule has 0 bridgehead atoms. The molecule has 1 unspecified atom stereocenters. The molecular formula is C16H16O. The van der Waals surface area contributed by atoms with E-state index in [0.717, 1.165) is 0 Å². The Bertz CT molecular complexity index is 513. The molecule has 2 aromatic rings. The fourth-order valence-corrected chi connectivity index (χ4v) is 2.81. The molecule has 1 aliphatic rings. The summed E-state index contributed by atoms with van der Waals surface area (Å²) in [6.45, 7) is 0. The zero-order valence-corrected chi connectivity index (χ0v) is 9.76. The predicted molar refractivity (Wildman–Crippen MR) is 69.3 cm³/mol. The minimum atomic E-state index is 0.345. The van der Waals surface area contributed by atoms with Crippen molar-refractivity contribution < 1.29 is 5.11 Å². The minimum absolute atomic E-state index is 0.345. The van der Waals surface area contributed by atoms with Gasteiger partial charge in [-0.15, -0.1) is 0 Å². The van der Waals surface area contributed by atoms with Gasteiger partial charge in [0.25, 0.3) is 0 Å². The van der Waals surface area contributed by atoms with E-state index in [2.05, 4.69) is 24.3 Å². The summed E-state index contributed by atoms with van der Waals surface area (Å²) in [7, 11) is 0. The topological polar surface area (TPSA) is 20.2 Å². The van der Waals surface area contributed by atoms with Crippen LogP contribution in [0.4, 0.5) is 0 Å². The molecule has 0 aromatic heterocycles. The Kier molecular flexibility index (Phi) is 2.60. The average Bonchev–Trinajstić information content (AvgIpc) is 2.39. The maximum absolute atomic E-state index is 9.35. The van der Waals surface area contributed by atoms with Crippen molar-refractivity contribution in [1.82, 2.24) is 0 Å². The summed E-state index contributed by atoms with van der Waals surface area (Å²) in [4.78, 5) is 0. The van der Waals surface area contributed by atoms with Gasteiger partial charge in [0, 0.05) is 5.92 Å². The second-order valence-electron chi connectivity index (χ2n) is 4.74. The zero-order chi connectivity index (χ0) is 11.7. The number of hydrogen-bond acceptors (Lipinski definition) is 1. The van der Waals surface area contributed by atoms with Gasteiger partial charge < -0.3 is 5.11 Å². The van der Waals surface area contributed by atoms with E-state index in [1.54, 1.807) is 12.1 Å². The van der Waals surface area contributed by atoms with E-state index >= 15 is 0 Å². The van der Waals surface area contributed by atoms with Crippen molar-refractivity contribution in [2.45, 2.75) is 25.2 Å². The smallest absolute Gasteiger partial charge is 0.115 e. The number of rotatable bonds is 1. The number of aromatic hydroxyl groups is 1. The van der Waals surface area contributed by atoms with Crippen LogP contribution in [0.15, 0.2) is 48.5 Å². The van der Waals surface area contributed by atoms with E-state index in [1.165, 1.54) is 36.0 Å². The molecule has 0 saturated heterocycles. The first-order valence-corrected chi connectivity index (χ1v) is 6.21. The van der Waals surface area contributed by atoms with E-state index in [0.29, 0.717) is 11.7 Å². The molecular weight excluding hydrogens is 208 g/mol. The quantitative estimate of drug-likeness (QED) is 0.779. The lowest BCUT2D eigenvalue weighted by Gasteiger charge is -2.25. The SMILES string of the molecule is Oc1ccc(C2CCCc3ccccc32)cc1. The standard InChI is InChI=1S/C16H16O/c17-14-10-8-13(9-11-14)16-7-3-5-12-4-1-2-6-15(12)16/h1-2,4,6,8-11,16-17H,3,5,7H2.